The number of ether oxygens (including phenoxy) is 3. The summed E-state index contributed by atoms with van der Waals surface area (Å²) in [7, 11) is 0. The molecular formula is C75H124O6. The maximum absolute atomic E-state index is 12.9. The molecular weight excluding hydrogens is 997 g/mol. The molecule has 6 heteroatoms. The monoisotopic (exact) mass is 1120 g/mol. The second kappa shape index (κ2) is 68.1. The zero-order valence-corrected chi connectivity index (χ0v) is 52.8. The number of carbonyl (C=O) groups is 3. The SMILES string of the molecule is CC/C=C\C/C=C\C/C=C\C/C=C\C/C=C\C/C=C\CCC(=O)OC(COC(=O)CCCCCCCCC/C=C\C/C=C\CCCCC)COC(=O)CCCCCCCCCCCCCC/C=C\C/C=C\C/C=C\CCCCCCC. The van der Waals surface area contributed by atoms with Crippen LogP contribution in [0.15, 0.2) is 134 Å². The largest absolute Gasteiger partial charge is 0.462 e. The summed E-state index contributed by atoms with van der Waals surface area (Å²) in [5.74, 6) is -1.00. The zero-order valence-electron chi connectivity index (χ0n) is 52.8. The zero-order chi connectivity index (χ0) is 58.5. The summed E-state index contributed by atoms with van der Waals surface area (Å²) >= 11 is 0. The van der Waals surface area contributed by atoms with E-state index in [4.69, 9.17) is 14.2 Å². The Morgan fingerprint density at radius 2 is 0.506 bits per heavy atom. The number of esters is 3. The summed E-state index contributed by atoms with van der Waals surface area (Å²) in [5.41, 5.74) is 0. The first-order valence-corrected chi connectivity index (χ1v) is 33.7. The molecule has 460 valence electrons. The number of hydrogen-bond donors (Lipinski definition) is 0. The van der Waals surface area contributed by atoms with Crippen LogP contribution in [0.1, 0.15) is 303 Å². The molecule has 1 unspecified atom stereocenters. The minimum atomic E-state index is -0.829. The smallest absolute Gasteiger partial charge is 0.306 e. The van der Waals surface area contributed by atoms with E-state index >= 15 is 0 Å². The third kappa shape index (κ3) is 66.2. The van der Waals surface area contributed by atoms with Crippen LogP contribution in [0, 0.1) is 0 Å². The van der Waals surface area contributed by atoms with E-state index in [0.29, 0.717) is 19.3 Å². The second-order valence-corrected chi connectivity index (χ2v) is 22.0. The Morgan fingerprint density at radius 1 is 0.259 bits per heavy atom. The van der Waals surface area contributed by atoms with Crippen molar-refractivity contribution in [1.82, 2.24) is 0 Å². The fraction of sp³-hybridized carbons (Fsp3) is 0.667. The van der Waals surface area contributed by atoms with Gasteiger partial charge < -0.3 is 14.2 Å². The molecule has 0 saturated heterocycles. The topological polar surface area (TPSA) is 78.9 Å². The molecule has 0 aliphatic heterocycles. The van der Waals surface area contributed by atoms with Gasteiger partial charge in [0.05, 0.1) is 0 Å². The lowest BCUT2D eigenvalue weighted by molar-refractivity contribution is -0.166. The minimum Gasteiger partial charge on any atom is -0.462 e. The van der Waals surface area contributed by atoms with Crippen molar-refractivity contribution >= 4 is 17.9 Å². The summed E-state index contributed by atoms with van der Waals surface area (Å²) < 4.78 is 16.9. The number of hydrogen-bond acceptors (Lipinski definition) is 6. The molecule has 0 N–H and O–H groups in total. The van der Waals surface area contributed by atoms with E-state index in [1.54, 1.807) is 0 Å². The van der Waals surface area contributed by atoms with E-state index in [1.807, 2.05) is 6.08 Å². The predicted molar refractivity (Wildman–Crippen MR) is 353 cm³/mol. The molecule has 0 aromatic carbocycles. The Labute approximate surface area is 500 Å². The van der Waals surface area contributed by atoms with E-state index in [0.717, 1.165) is 103 Å². The van der Waals surface area contributed by atoms with Crippen molar-refractivity contribution in [3.8, 4) is 0 Å². The van der Waals surface area contributed by atoms with Gasteiger partial charge in [-0.2, -0.15) is 0 Å². The highest BCUT2D eigenvalue weighted by Gasteiger charge is 2.19. The molecule has 0 aromatic heterocycles. The molecule has 0 fully saturated rings. The van der Waals surface area contributed by atoms with Gasteiger partial charge in [-0.1, -0.05) is 289 Å². The molecule has 0 rings (SSSR count). The third-order valence-electron chi connectivity index (χ3n) is 14.1. The first kappa shape index (κ1) is 76.5. The van der Waals surface area contributed by atoms with Gasteiger partial charge in [0, 0.05) is 19.3 Å². The van der Waals surface area contributed by atoms with E-state index in [2.05, 4.69) is 148 Å². The van der Waals surface area contributed by atoms with Gasteiger partial charge in [0.1, 0.15) is 13.2 Å². The second-order valence-electron chi connectivity index (χ2n) is 22.0. The number of carbonyl (C=O) groups excluding carboxylic acids is 3. The standard InChI is InChI=1S/C75H124O6/c1-4-7-10-13-16-19-22-25-28-31-33-34-35-36-37-38-39-40-42-44-47-50-53-56-59-62-65-68-74(77)80-71-72(70-79-73(76)67-64-61-58-55-52-49-46-43-30-27-24-21-18-15-12-9-6-3)81-75(78)69-66-63-60-57-54-51-48-45-41-32-29-26-23-20-17-14-11-8-5-2/h8,11,17-18,20-22,25-27,29-31,33,35-36,41,45,51,54,60,63,72H,4-7,9-10,12-16,19,23-24,28,32,34,37-40,42-44,46-50,52-53,55-59,61-62,64-71H2,1-3H3/b11-8-,20-17-,21-18-,25-22-,29-26-,30-27-,33-31-,36-35-,45-41-,54-51-,63-60-. The van der Waals surface area contributed by atoms with Gasteiger partial charge in [0.25, 0.3) is 0 Å². The van der Waals surface area contributed by atoms with Gasteiger partial charge in [-0.3, -0.25) is 14.4 Å². The Kier molecular flexibility index (Phi) is 64.3. The summed E-state index contributed by atoms with van der Waals surface area (Å²) in [4.78, 5) is 38.4. The highest BCUT2D eigenvalue weighted by Crippen LogP contribution is 2.15. The highest BCUT2D eigenvalue weighted by molar-refractivity contribution is 5.71. The van der Waals surface area contributed by atoms with Crippen molar-refractivity contribution in [2.45, 2.75) is 309 Å². The van der Waals surface area contributed by atoms with Crippen molar-refractivity contribution in [1.29, 1.82) is 0 Å². The molecule has 0 radical (unpaired) electrons. The molecule has 0 spiro atoms. The Morgan fingerprint density at radius 3 is 0.827 bits per heavy atom. The molecule has 0 aliphatic rings. The Bertz CT molecular complexity index is 1720. The molecule has 0 aromatic rings. The summed E-state index contributed by atoms with van der Waals surface area (Å²) in [6, 6.07) is 0. The Balaban J connectivity index is 4.44. The van der Waals surface area contributed by atoms with E-state index in [9.17, 15) is 14.4 Å². The molecule has 81 heavy (non-hydrogen) atoms. The van der Waals surface area contributed by atoms with Gasteiger partial charge in [-0.25, -0.2) is 0 Å². The van der Waals surface area contributed by atoms with Crippen LogP contribution in [0.4, 0.5) is 0 Å². The van der Waals surface area contributed by atoms with E-state index in [1.165, 1.54) is 154 Å². The van der Waals surface area contributed by atoms with Gasteiger partial charge in [0.15, 0.2) is 6.10 Å². The van der Waals surface area contributed by atoms with Crippen LogP contribution in [0.5, 0.6) is 0 Å². The molecule has 0 aliphatic carbocycles. The molecule has 0 heterocycles. The average Bonchev–Trinajstić information content (AvgIpc) is 3.47. The van der Waals surface area contributed by atoms with Gasteiger partial charge in [-0.05, 0) is 128 Å². The lowest BCUT2D eigenvalue weighted by Crippen LogP contribution is -2.30. The third-order valence-corrected chi connectivity index (χ3v) is 14.1. The molecule has 0 saturated carbocycles. The van der Waals surface area contributed by atoms with Crippen molar-refractivity contribution < 1.29 is 28.6 Å². The number of rotatable bonds is 60. The quantitative estimate of drug-likeness (QED) is 0.0261. The summed E-state index contributed by atoms with van der Waals surface area (Å²) in [6.45, 7) is 6.44. The van der Waals surface area contributed by atoms with Crippen molar-refractivity contribution in [3.05, 3.63) is 134 Å². The van der Waals surface area contributed by atoms with E-state index < -0.39 is 12.1 Å². The van der Waals surface area contributed by atoms with Crippen LogP contribution in [0.3, 0.4) is 0 Å². The summed E-state index contributed by atoms with van der Waals surface area (Å²) in [6.07, 6.45) is 96.2. The fourth-order valence-electron chi connectivity index (χ4n) is 9.09. The van der Waals surface area contributed by atoms with Crippen LogP contribution in [0.25, 0.3) is 0 Å². The van der Waals surface area contributed by atoms with Crippen molar-refractivity contribution in [3.63, 3.8) is 0 Å². The van der Waals surface area contributed by atoms with Crippen molar-refractivity contribution in [2.24, 2.45) is 0 Å². The maximum Gasteiger partial charge on any atom is 0.306 e. The predicted octanol–water partition coefficient (Wildman–Crippen LogP) is 23.3. The van der Waals surface area contributed by atoms with Gasteiger partial charge in [0.2, 0.25) is 0 Å². The fourth-order valence-corrected chi connectivity index (χ4v) is 9.09. The van der Waals surface area contributed by atoms with Crippen LogP contribution in [-0.4, -0.2) is 37.2 Å². The Hall–Kier alpha value is -4.45. The number of unbranched alkanes of at least 4 members (excludes halogenated alkanes) is 27. The number of allylic oxidation sites excluding steroid dienone is 22. The molecule has 6 nitrogen and oxygen atoms in total. The van der Waals surface area contributed by atoms with Gasteiger partial charge >= 0.3 is 17.9 Å². The van der Waals surface area contributed by atoms with Crippen LogP contribution < -0.4 is 0 Å². The van der Waals surface area contributed by atoms with Crippen LogP contribution in [-0.2, 0) is 28.6 Å². The molecule has 0 amide bonds. The van der Waals surface area contributed by atoms with Crippen LogP contribution >= 0.6 is 0 Å². The maximum atomic E-state index is 12.9. The van der Waals surface area contributed by atoms with Crippen LogP contribution in [0.2, 0.25) is 0 Å². The first-order chi connectivity index (χ1) is 40.0. The minimum absolute atomic E-state index is 0.115. The van der Waals surface area contributed by atoms with Gasteiger partial charge in [-0.15, -0.1) is 0 Å². The normalized spacial score (nSPS) is 13.0. The highest BCUT2D eigenvalue weighted by atomic mass is 16.6. The summed E-state index contributed by atoms with van der Waals surface area (Å²) in [5, 5.41) is 0. The van der Waals surface area contributed by atoms with E-state index in [-0.39, 0.29) is 31.6 Å². The molecule has 1 atom stereocenters. The first-order valence-electron chi connectivity index (χ1n) is 33.7. The van der Waals surface area contributed by atoms with Crippen molar-refractivity contribution in [2.75, 3.05) is 13.2 Å². The average molecular weight is 1120 g/mol. The lowest BCUT2D eigenvalue weighted by Gasteiger charge is -2.18. The lowest BCUT2D eigenvalue weighted by atomic mass is 10.0. The molecule has 0 bridgehead atoms.